The number of carbonyl (C=O) groups is 1. The second kappa shape index (κ2) is 8.03. The standard InChI is InChI=1S/C13H21NO4Si/c1-4-17-19(3,18-5-2)11-10-16-13(15)12-6-8-14-9-7-12/h6-9H,4-5,10-11H2,1-3H3. The SMILES string of the molecule is CCO[Si](C)(CCOC(=O)c1ccncc1)OCC. The summed E-state index contributed by atoms with van der Waals surface area (Å²) in [5, 5.41) is 0. The minimum Gasteiger partial charge on any atom is -0.462 e. The van der Waals surface area contributed by atoms with Gasteiger partial charge in [0.2, 0.25) is 0 Å². The van der Waals surface area contributed by atoms with Crippen LogP contribution in [0.25, 0.3) is 0 Å². The molecule has 0 aliphatic heterocycles. The summed E-state index contributed by atoms with van der Waals surface area (Å²) in [7, 11) is -2.21. The summed E-state index contributed by atoms with van der Waals surface area (Å²) in [4.78, 5) is 15.6. The third-order valence-electron chi connectivity index (χ3n) is 2.60. The highest BCUT2D eigenvalue weighted by atomic mass is 28.4. The molecule has 0 N–H and O–H groups in total. The zero-order chi connectivity index (χ0) is 14.1. The van der Waals surface area contributed by atoms with E-state index in [0.29, 0.717) is 31.4 Å². The molecule has 0 aliphatic carbocycles. The number of esters is 1. The van der Waals surface area contributed by atoms with E-state index in [1.54, 1.807) is 24.5 Å². The maximum absolute atomic E-state index is 11.7. The molecule has 0 atom stereocenters. The Morgan fingerprint density at radius 3 is 2.32 bits per heavy atom. The number of ether oxygens (including phenoxy) is 1. The summed E-state index contributed by atoms with van der Waals surface area (Å²) < 4.78 is 16.6. The van der Waals surface area contributed by atoms with Crippen LogP contribution in [0.3, 0.4) is 0 Å². The highest BCUT2D eigenvalue weighted by Gasteiger charge is 2.30. The molecule has 0 radical (unpaired) electrons. The van der Waals surface area contributed by atoms with Crippen molar-refractivity contribution >= 4 is 14.5 Å². The smallest absolute Gasteiger partial charge is 0.338 e. The molecule has 0 amide bonds. The number of rotatable bonds is 8. The Morgan fingerprint density at radius 2 is 1.79 bits per heavy atom. The number of hydrogen-bond donors (Lipinski definition) is 0. The number of aromatic nitrogens is 1. The fourth-order valence-electron chi connectivity index (χ4n) is 1.70. The van der Waals surface area contributed by atoms with Crippen molar-refractivity contribution in [3.63, 3.8) is 0 Å². The van der Waals surface area contributed by atoms with Crippen LogP contribution < -0.4 is 0 Å². The van der Waals surface area contributed by atoms with Crippen molar-refractivity contribution in [2.24, 2.45) is 0 Å². The number of nitrogens with zero attached hydrogens (tertiary/aromatic N) is 1. The maximum atomic E-state index is 11.7. The summed E-state index contributed by atoms with van der Waals surface area (Å²) in [6.45, 7) is 7.40. The Balaban J connectivity index is 2.42. The van der Waals surface area contributed by atoms with Gasteiger partial charge in [0.05, 0.1) is 12.2 Å². The zero-order valence-electron chi connectivity index (χ0n) is 11.7. The molecule has 6 heteroatoms. The van der Waals surface area contributed by atoms with Crippen molar-refractivity contribution in [3.05, 3.63) is 30.1 Å². The highest BCUT2D eigenvalue weighted by Crippen LogP contribution is 2.14. The van der Waals surface area contributed by atoms with Gasteiger partial charge in [0.15, 0.2) is 0 Å². The van der Waals surface area contributed by atoms with E-state index in [0.717, 1.165) is 0 Å². The van der Waals surface area contributed by atoms with E-state index >= 15 is 0 Å². The predicted molar refractivity (Wildman–Crippen MR) is 74.2 cm³/mol. The van der Waals surface area contributed by atoms with E-state index in [-0.39, 0.29) is 5.97 Å². The molecule has 1 aromatic rings. The van der Waals surface area contributed by atoms with Gasteiger partial charge in [0.25, 0.3) is 0 Å². The molecule has 19 heavy (non-hydrogen) atoms. The Bertz CT molecular complexity index is 379. The summed E-state index contributed by atoms with van der Waals surface area (Å²) in [5.41, 5.74) is 0.506. The summed E-state index contributed by atoms with van der Waals surface area (Å²) >= 11 is 0. The van der Waals surface area contributed by atoms with Crippen LogP contribution in [-0.4, -0.2) is 39.3 Å². The van der Waals surface area contributed by atoms with Crippen LogP contribution in [-0.2, 0) is 13.6 Å². The third kappa shape index (κ3) is 5.50. The molecule has 0 bridgehead atoms. The lowest BCUT2D eigenvalue weighted by atomic mass is 10.3. The second-order valence-corrected chi connectivity index (χ2v) is 7.47. The van der Waals surface area contributed by atoms with Gasteiger partial charge in [-0.2, -0.15) is 0 Å². The third-order valence-corrected chi connectivity index (χ3v) is 5.52. The van der Waals surface area contributed by atoms with Crippen molar-refractivity contribution in [2.75, 3.05) is 19.8 Å². The predicted octanol–water partition coefficient (Wildman–Crippen LogP) is 2.38. The van der Waals surface area contributed by atoms with E-state index < -0.39 is 8.56 Å². The van der Waals surface area contributed by atoms with Crippen molar-refractivity contribution in [1.82, 2.24) is 4.98 Å². The minimum absolute atomic E-state index is 0.309. The second-order valence-electron chi connectivity index (χ2n) is 4.12. The van der Waals surface area contributed by atoms with Gasteiger partial charge in [-0.1, -0.05) is 0 Å². The van der Waals surface area contributed by atoms with Crippen LogP contribution in [0.4, 0.5) is 0 Å². The lowest BCUT2D eigenvalue weighted by Gasteiger charge is -2.25. The fraction of sp³-hybridized carbons (Fsp3) is 0.538. The molecular weight excluding hydrogens is 262 g/mol. The minimum atomic E-state index is -2.21. The molecule has 1 rings (SSSR count). The van der Waals surface area contributed by atoms with E-state index in [9.17, 15) is 4.79 Å². The van der Waals surface area contributed by atoms with Crippen molar-refractivity contribution in [3.8, 4) is 0 Å². The topological polar surface area (TPSA) is 57.7 Å². The Kier molecular flexibility index (Phi) is 6.69. The molecular formula is C13H21NO4Si. The molecule has 0 saturated heterocycles. The van der Waals surface area contributed by atoms with Gasteiger partial charge < -0.3 is 13.6 Å². The Labute approximate surface area is 115 Å². The van der Waals surface area contributed by atoms with E-state index in [1.807, 2.05) is 20.4 Å². The van der Waals surface area contributed by atoms with Crippen LogP contribution >= 0.6 is 0 Å². The molecule has 0 spiro atoms. The average molecular weight is 283 g/mol. The van der Waals surface area contributed by atoms with Crippen molar-refractivity contribution in [2.45, 2.75) is 26.4 Å². The molecule has 0 unspecified atom stereocenters. The highest BCUT2D eigenvalue weighted by molar-refractivity contribution is 6.66. The van der Waals surface area contributed by atoms with Gasteiger partial charge in [-0.25, -0.2) is 4.79 Å². The van der Waals surface area contributed by atoms with Crippen molar-refractivity contribution in [1.29, 1.82) is 0 Å². The lowest BCUT2D eigenvalue weighted by Crippen LogP contribution is -2.40. The van der Waals surface area contributed by atoms with Gasteiger partial charge in [-0.3, -0.25) is 4.98 Å². The van der Waals surface area contributed by atoms with Gasteiger partial charge in [0.1, 0.15) is 0 Å². The number of pyridine rings is 1. The lowest BCUT2D eigenvalue weighted by molar-refractivity contribution is 0.0512. The van der Waals surface area contributed by atoms with Crippen LogP contribution in [0.15, 0.2) is 24.5 Å². The van der Waals surface area contributed by atoms with Crippen LogP contribution in [0.2, 0.25) is 12.6 Å². The first-order valence-electron chi connectivity index (χ1n) is 6.46. The first kappa shape index (κ1) is 15.8. The summed E-state index contributed by atoms with van der Waals surface area (Å²) in [5.74, 6) is -0.341. The monoisotopic (exact) mass is 283 g/mol. The molecule has 0 aliphatic rings. The fourth-order valence-corrected chi connectivity index (χ4v) is 3.76. The van der Waals surface area contributed by atoms with Crippen LogP contribution in [0, 0.1) is 0 Å². The maximum Gasteiger partial charge on any atom is 0.338 e. The van der Waals surface area contributed by atoms with Gasteiger partial charge in [-0.15, -0.1) is 0 Å². The molecule has 5 nitrogen and oxygen atoms in total. The van der Waals surface area contributed by atoms with Crippen LogP contribution in [0.5, 0.6) is 0 Å². The first-order chi connectivity index (χ1) is 9.11. The Morgan fingerprint density at radius 1 is 1.21 bits per heavy atom. The molecule has 0 fully saturated rings. The first-order valence-corrected chi connectivity index (χ1v) is 8.98. The zero-order valence-corrected chi connectivity index (χ0v) is 12.7. The molecule has 0 aromatic carbocycles. The molecule has 0 saturated carbocycles. The van der Waals surface area contributed by atoms with Crippen molar-refractivity contribution < 1.29 is 18.4 Å². The number of hydrogen-bond acceptors (Lipinski definition) is 5. The molecule has 106 valence electrons. The van der Waals surface area contributed by atoms with E-state index in [1.165, 1.54) is 0 Å². The van der Waals surface area contributed by atoms with Crippen LogP contribution in [0.1, 0.15) is 24.2 Å². The largest absolute Gasteiger partial charge is 0.462 e. The van der Waals surface area contributed by atoms with Gasteiger partial charge in [0, 0.05) is 31.7 Å². The Hall–Kier alpha value is -1.24. The number of carbonyl (C=O) groups excluding carboxylic acids is 1. The quantitative estimate of drug-likeness (QED) is 0.541. The summed E-state index contributed by atoms with van der Waals surface area (Å²) in [6.07, 6.45) is 3.13. The summed E-state index contributed by atoms with van der Waals surface area (Å²) in [6, 6.07) is 3.89. The molecule has 1 aromatic heterocycles. The van der Waals surface area contributed by atoms with Gasteiger partial charge in [-0.05, 0) is 32.5 Å². The average Bonchev–Trinajstić information content (AvgIpc) is 2.40. The normalized spacial score (nSPS) is 11.3. The van der Waals surface area contributed by atoms with E-state index in [2.05, 4.69) is 4.98 Å². The molecule has 1 heterocycles. The van der Waals surface area contributed by atoms with E-state index in [4.69, 9.17) is 13.6 Å². The van der Waals surface area contributed by atoms with Gasteiger partial charge >= 0.3 is 14.5 Å².